The highest BCUT2D eigenvalue weighted by Gasteiger charge is 2.41. The smallest absolute Gasteiger partial charge is 0.243 e. The Labute approximate surface area is 138 Å². The summed E-state index contributed by atoms with van der Waals surface area (Å²) >= 11 is 1.72. The van der Waals surface area contributed by atoms with Gasteiger partial charge in [-0.2, -0.15) is 0 Å². The number of nitrogens with one attached hydrogen (secondary N) is 1. The van der Waals surface area contributed by atoms with Gasteiger partial charge in [0, 0.05) is 31.9 Å². The zero-order chi connectivity index (χ0) is 16.7. The molecule has 1 N–H and O–H groups in total. The van der Waals surface area contributed by atoms with Crippen LogP contribution in [-0.4, -0.2) is 54.1 Å². The van der Waals surface area contributed by atoms with Crippen molar-refractivity contribution in [1.82, 2.24) is 10.2 Å². The first-order valence-corrected chi connectivity index (χ1v) is 9.13. The molecular formula is C16H30N2O3S. The van der Waals surface area contributed by atoms with Gasteiger partial charge >= 0.3 is 0 Å². The highest BCUT2D eigenvalue weighted by atomic mass is 32.2. The number of ether oxygens (including phenoxy) is 1. The van der Waals surface area contributed by atoms with Gasteiger partial charge in [-0.25, -0.2) is 0 Å². The molecule has 22 heavy (non-hydrogen) atoms. The number of hydrogen-bond donors (Lipinski definition) is 1. The number of carbonyl (C=O) groups is 2. The Balaban J connectivity index is 2.70. The lowest BCUT2D eigenvalue weighted by Gasteiger charge is -2.31. The second-order valence-electron chi connectivity index (χ2n) is 6.47. The van der Waals surface area contributed by atoms with Crippen LogP contribution in [0.4, 0.5) is 0 Å². The normalized spacial score (nSPS) is 21.7. The van der Waals surface area contributed by atoms with Gasteiger partial charge in [-0.05, 0) is 18.8 Å². The summed E-state index contributed by atoms with van der Waals surface area (Å²) in [6.45, 7) is 9.31. The zero-order valence-electron chi connectivity index (χ0n) is 14.4. The molecule has 1 heterocycles. The Kier molecular flexibility index (Phi) is 8.25. The molecule has 0 radical (unpaired) electrons. The molecule has 0 aromatic carbocycles. The van der Waals surface area contributed by atoms with Crippen molar-refractivity contribution in [3.8, 4) is 0 Å². The van der Waals surface area contributed by atoms with E-state index in [0.29, 0.717) is 24.8 Å². The fourth-order valence-electron chi connectivity index (χ4n) is 2.49. The van der Waals surface area contributed by atoms with Crippen LogP contribution in [0.25, 0.3) is 0 Å². The summed E-state index contributed by atoms with van der Waals surface area (Å²) in [5.74, 6) is 1.14. The van der Waals surface area contributed by atoms with E-state index in [9.17, 15) is 9.59 Å². The fraction of sp³-hybridized carbons (Fsp3) is 0.875. The zero-order valence-corrected chi connectivity index (χ0v) is 15.2. The predicted octanol–water partition coefficient (Wildman–Crippen LogP) is 2.11. The Morgan fingerprint density at radius 2 is 2.00 bits per heavy atom. The molecule has 6 heteroatoms. The van der Waals surface area contributed by atoms with Crippen molar-refractivity contribution in [1.29, 1.82) is 0 Å². The minimum Gasteiger partial charge on any atom is -0.385 e. The predicted molar refractivity (Wildman–Crippen MR) is 90.7 cm³/mol. The minimum atomic E-state index is -0.341. The topological polar surface area (TPSA) is 58.6 Å². The van der Waals surface area contributed by atoms with Crippen molar-refractivity contribution in [3.05, 3.63) is 0 Å². The van der Waals surface area contributed by atoms with E-state index in [-0.39, 0.29) is 29.1 Å². The molecular weight excluding hydrogens is 300 g/mol. The third-order valence-corrected chi connectivity index (χ3v) is 4.95. The monoisotopic (exact) mass is 330 g/mol. The summed E-state index contributed by atoms with van der Waals surface area (Å²) in [5.41, 5.74) is 0. The van der Waals surface area contributed by atoms with Crippen molar-refractivity contribution < 1.29 is 14.3 Å². The molecule has 2 unspecified atom stereocenters. The average Bonchev–Trinajstić information content (AvgIpc) is 2.85. The van der Waals surface area contributed by atoms with Crippen LogP contribution in [0, 0.1) is 11.8 Å². The van der Waals surface area contributed by atoms with E-state index in [0.717, 1.165) is 12.8 Å². The quantitative estimate of drug-likeness (QED) is 0.693. The van der Waals surface area contributed by atoms with Crippen LogP contribution in [-0.2, 0) is 14.3 Å². The van der Waals surface area contributed by atoms with E-state index in [4.69, 9.17) is 4.74 Å². The van der Waals surface area contributed by atoms with Gasteiger partial charge in [-0.15, -0.1) is 11.8 Å². The molecule has 1 aliphatic heterocycles. The van der Waals surface area contributed by atoms with Crippen LogP contribution in [0.2, 0.25) is 0 Å². The first-order chi connectivity index (χ1) is 10.4. The molecule has 1 saturated heterocycles. The van der Waals surface area contributed by atoms with Crippen molar-refractivity contribution in [3.63, 3.8) is 0 Å². The minimum absolute atomic E-state index is 0.0381. The second-order valence-corrected chi connectivity index (χ2v) is 7.68. The van der Waals surface area contributed by atoms with Crippen LogP contribution in [0.1, 0.15) is 40.5 Å². The summed E-state index contributed by atoms with van der Waals surface area (Å²) in [7, 11) is 1.65. The number of rotatable bonds is 8. The van der Waals surface area contributed by atoms with E-state index >= 15 is 0 Å². The van der Waals surface area contributed by atoms with Crippen molar-refractivity contribution in [2.75, 3.05) is 26.0 Å². The van der Waals surface area contributed by atoms with Crippen LogP contribution in [0.15, 0.2) is 0 Å². The van der Waals surface area contributed by atoms with Gasteiger partial charge in [0.15, 0.2) is 0 Å². The average molecular weight is 330 g/mol. The number of thioether (sulfide) groups is 1. The Morgan fingerprint density at radius 1 is 1.32 bits per heavy atom. The maximum Gasteiger partial charge on any atom is 0.243 e. The lowest BCUT2D eigenvalue weighted by molar-refractivity contribution is -0.142. The Hall–Kier alpha value is -0.750. The maximum absolute atomic E-state index is 12.5. The summed E-state index contributed by atoms with van der Waals surface area (Å²) in [4.78, 5) is 26.8. The largest absolute Gasteiger partial charge is 0.385 e. The van der Waals surface area contributed by atoms with E-state index in [1.165, 1.54) is 0 Å². The van der Waals surface area contributed by atoms with Crippen LogP contribution in [0.3, 0.4) is 0 Å². The number of methoxy groups -OCH3 is 1. The molecule has 0 spiro atoms. The van der Waals surface area contributed by atoms with Gasteiger partial charge in [0.05, 0.1) is 5.37 Å². The molecule has 0 aromatic rings. The van der Waals surface area contributed by atoms with Crippen LogP contribution in [0.5, 0.6) is 0 Å². The molecule has 0 aromatic heterocycles. The molecule has 2 amide bonds. The molecule has 128 valence electrons. The molecule has 0 saturated carbocycles. The van der Waals surface area contributed by atoms with Gasteiger partial charge in [0.25, 0.3) is 0 Å². The van der Waals surface area contributed by atoms with E-state index < -0.39 is 0 Å². The summed E-state index contributed by atoms with van der Waals surface area (Å²) < 4.78 is 4.98. The first-order valence-electron chi connectivity index (χ1n) is 8.08. The summed E-state index contributed by atoms with van der Waals surface area (Å²) in [6.07, 6.45) is 1.71. The van der Waals surface area contributed by atoms with Gasteiger partial charge in [0.2, 0.25) is 11.8 Å². The standard InChI is InChI=1S/C16H30N2O3S/c1-11(2)9-14-18(16(20)12(3)4)13(10-22-14)15(19)17-7-6-8-21-5/h11-14H,6-10H2,1-5H3,(H,17,19). The van der Waals surface area contributed by atoms with Gasteiger partial charge in [0.1, 0.15) is 6.04 Å². The highest BCUT2D eigenvalue weighted by molar-refractivity contribution is 8.00. The van der Waals surface area contributed by atoms with Crippen molar-refractivity contribution in [2.45, 2.75) is 52.0 Å². The van der Waals surface area contributed by atoms with Crippen molar-refractivity contribution >= 4 is 23.6 Å². The van der Waals surface area contributed by atoms with E-state index in [2.05, 4.69) is 19.2 Å². The molecule has 0 bridgehead atoms. The van der Waals surface area contributed by atoms with Crippen molar-refractivity contribution in [2.24, 2.45) is 11.8 Å². The lowest BCUT2D eigenvalue weighted by Crippen LogP contribution is -2.51. The molecule has 1 fully saturated rings. The lowest BCUT2D eigenvalue weighted by atomic mass is 10.1. The molecule has 1 aliphatic rings. The van der Waals surface area contributed by atoms with Gasteiger partial charge in [-0.1, -0.05) is 27.7 Å². The molecule has 1 rings (SSSR count). The van der Waals surface area contributed by atoms with E-state index in [1.807, 2.05) is 18.7 Å². The number of carbonyl (C=O) groups excluding carboxylic acids is 2. The third kappa shape index (κ3) is 5.47. The molecule has 2 atom stereocenters. The second kappa shape index (κ2) is 9.40. The molecule has 0 aliphatic carbocycles. The van der Waals surface area contributed by atoms with Crippen LogP contribution < -0.4 is 5.32 Å². The van der Waals surface area contributed by atoms with Crippen LogP contribution >= 0.6 is 11.8 Å². The van der Waals surface area contributed by atoms with E-state index in [1.54, 1.807) is 18.9 Å². The fourth-order valence-corrected chi connectivity index (χ4v) is 4.14. The maximum atomic E-state index is 12.5. The summed E-state index contributed by atoms with van der Waals surface area (Å²) in [6, 6.07) is -0.341. The number of hydrogen-bond acceptors (Lipinski definition) is 4. The number of amides is 2. The Bertz CT molecular complexity index is 374. The SMILES string of the molecule is COCCCNC(=O)C1CSC(CC(C)C)N1C(=O)C(C)C. The summed E-state index contributed by atoms with van der Waals surface area (Å²) in [5, 5.41) is 3.05. The number of nitrogens with zero attached hydrogens (tertiary/aromatic N) is 1. The highest BCUT2D eigenvalue weighted by Crippen LogP contribution is 2.34. The van der Waals surface area contributed by atoms with Gasteiger partial charge < -0.3 is 15.0 Å². The van der Waals surface area contributed by atoms with Gasteiger partial charge in [-0.3, -0.25) is 9.59 Å². The third-order valence-electron chi connectivity index (χ3n) is 3.64. The first kappa shape index (κ1) is 19.3. The Morgan fingerprint density at radius 3 is 2.55 bits per heavy atom. The molecule has 5 nitrogen and oxygen atoms in total.